The second-order valence-corrected chi connectivity index (χ2v) is 19.6. The Kier molecular flexibility index (Phi) is 11.0. The number of aryl methyl sites for hydroxylation is 1. The highest BCUT2D eigenvalue weighted by Gasteiger charge is 2.42. The zero-order valence-corrected chi connectivity index (χ0v) is 38.3. The highest BCUT2D eigenvalue weighted by atomic mass is 19.1. The second-order valence-electron chi connectivity index (χ2n) is 19.6. The number of benzene rings is 2. The van der Waals surface area contributed by atoms with Crippen LogP contribution in [0, 0.1) is 11.6 Å². The van der Waals surface area contributed by atoms with Crippen LogP contribution in [0.4, 0.5) is 31.8 Å². The van der Waals surface area contributed by atoms with Crippen LogP contribution >= 0.6 is 0 Å². The molecule has 5 aromatic rings. The molecule has 3 aromatic heterocycles. The lowest BCUT2D eigenvalue weighted by atomic mass is 9.97. The van der Waals surface area contributed by atoms with Gasteiger partial charge in [0.2, 0.25) is 17.8 Å². The monoisotopic (exact) mass is 913 g/mol. The summed E-state index contributed by atoms with van der Waals surface area (Å²) in [6.45, 7) is 13.4. The molecule has 3 N–H and O–H groups in total. The summed E-state index contributed by atoms with van der Waals surface area (Å²) in [7, 11) is 0. The van der Waals surface area contributed by atoms with Gasteiger partial charge in [0.25, 0.3) is 5.91 Å². The minimum atomic E-state index is -0.995. The lowest BCUT2D eigenvalue weighted by Crippen LogP contribution is -2.62. The molecular formula is C50H57F2N11O4. The van der Waals surface area contributed by atoms with E-state index >= 15 is 8.78 Å². The molecule has 8 heterocycles. The van der Waals surface area contributed by atoms with Gasteiger partial charge in [0.15, 0.2) is 11.5 Å². The van der Waals surface area contributed by atoms with Crippen molar-refractivity contribution < 1.29 is 28.3 Å². The van der Waals surface area contributed by atoms with E-state index in [2.05, 4.69) is 42.5 Å². The molecule has 0 saturated carbocycles. The van der Waals surface area contributed by atoms with Gasteiger partial charge in [-0.25, -0.2) is 18.7 Å². The fourth-order valence-corrected chi connectivity index (χ4v) is 11.4. The minimum absolute atomic E-state index is 0.155. The molecule has 5 aliphatic heterocycles. The van der Waals surface area contributed by atoms with Crippen molar-refractivity contribution >= 4 is 51.8 Å². The molecule has 0 radical (unpaired) electrons. The van der Waals surface area contributed by atoms with Gasteiger partial charge in [-0.15, -0.1) is 0 Å². The lowest BCUT2D eigenvalue weighted by Gasteiger charge is -2.50. The van der Waals surface area contributed by atoms with Crippen LogP contribution in [-0.4, -0.2) is 128 Å². The molecule has 67 heavy (non-hydrogen) atoms. The number of carbonyl (C=O) groups excluding carboxylic acids is 3. The third kappa shape index (κ3) is 7.68. The Hall–Kier alpha value is -6.04. The van der Waals surface area contributed by atoms with E-state index in [-0.39, 0.29) is 42.9 Å². The Balaban J connectivity index is 0.672. The van der Waals surface area contributed by atoms with E-state index in [4.69, 9.17) is 9.97 Å². The number of aliphatic hydroxyl groups is 1. The van der Waals surface area contributed by atoms with Crippen LogP contribution in [0.25, 0.3) is 16.9 Å². The molecule has 4 saturated heterocycles. The molecule has 6 aliphatic rings. The van der Waals surface area contributed by atoms with Gasteiger partial charge in [-0.2, -0.15) is 4.98 Å². The highest BCUT2D eigenvalue weighted by molar-refractivity contribution is 6.05. The van der Waals surface area contributed by atoms with Crippen molar-refractivity contribution in [1.82, 2.24) is 39.5 Å². The number of hydrogen-bond donors (Lipinski definition) is 3. The summed E-state index contributed by atoms with van der Waals surface area (Å²) < 4.78 is 33.2. The standard InChI is InChI=1S/C50H57F2N11O4/c1-4-50(67)16-13-30-5-11-41(55-45(30)50)63-44(29(2)3)43(52)37-25-53-49(57-46(37)63)54-32-6-8-33(9-7-32)59-19-21-60(22-20-59)34-14-17-58(18-15-34)35-27-61(28-35)40-23-31-26-62(48(66)36(31)24-38(40)51)39-10-12-42(64)56-47(39)65/h5-9,11,23-25,29,34-35,39,67H,4,10,12-22,26-28H2,1-3H3,(H,53,54,57)(H,56,64,65)/t39?,50-/m1/s1. The number of anilines is 4. The zero-order valence-electron chi connectivity index (χ0n) is 38.3. The van der Waals surface area contributed by atoms with Gasteiger partial charge >= 0.3 is 0 Å². The number of amides is 3. The van der Waals surface area contributed by atoms with Gasteiger partial charge in [0.1, 0.15) is 23.3 Å². The summed E-state index contributed by atoms with van der Waals surface area (Å²) in [4.78, 5) is 62.7. The largest absolute Gasteiger partial charge is 0.384 e. The van der Waals surface area contributed by atoms with Gasteiger partial charge in [-0.3, -0.25) is 34.1 Å². The van der Waals surface area contributed by atoms with Crippen molar-refractivity contribution in [3.8, 4) is 5.82 Å². The fourth-order valence-electron chi connectivity index (χ4n) is 11.4. The molecule has 350 valence electrons. The number of piperazine rings is 1. The first-order valence-corrected chi connectivity index (χ1v) is 24.0. The highest BCUT2D eigenvalue weighted by Crippen LogP contribution is 2.40. The van der Waals surface area contributed by atoms with Crippen LogP contribution in [0.1, 0.15) is 98.1 Å². The summed E-state index contributed by atoms with van der Waals surface area (Å²) in [5.74, 6) is -1.23. The second kappa shape index (κ2) is 16.9. The van der Waals surface area contributed by atoms with E-state index in [9.17, 15) is 19.5 Å². The molecule has 1 unspecified atom stereocenters. The molecule has 17 heteroatoms. The van der Waals surface area contributed by atoms with Crippen LogP contribution in [0.5, 0.6) is 0 Å². The lowest BCUT2D eigenvalue weighted by molar-refractivity contribution is -0.136. The first-order chi connectivity index (χ1) is 32.3. The molecular weight excluding hydrogens is 857 g/mol. The molecule has 0 spiro atoms. The van der Waals surface area contributed by atoms with Crippen molar-refractivity contribution in [1.29, 1.82) is 0 Å². The number of likely N-dealkylation sites (tertiary alicyclic amines) is 1. The molecule has 3 amide bonds. The summed E-state index contributed by atoms with van der Waals surface area (Å²) in [6.07, 6.45) is 6.11. The number of halogens is 2. The van der Waals surface area contributed by atoms with Crippen LogP contribution in [0.3, 0.4) is 0 Å². The average molecular weight is 914 g/mol. The molecule has 2 atom stereocenters. The van der Waals surface area contributed by atoms with E-state index in [1.165, 1.54) is 17.2 Å². The SMILES string of the molecule is CC[C@@]1(O)CCc2ccc(-n3c(C(C)C)c(F)c4cnc(Nc5ccc(N6CCN(C7CCN(C8CN(c9cc%10c(cc9F)C(=O)N(C9CCC(=O)NC9=O)C%10)C8)CC7)CC6)cc5)nc43)nc21. The maximum Gasteiger partial charge on any atom is 0.255 e. The third-order valence-electron chi connectivity index (χ3n) is 15.4. The normalized spacial score (nSPS) is 23.1. The van der Waals surface area contributed by atoms with Gasteiger partial charge < -0.3 is 25.1 Å². The van der Waals surface area contributed by atoms with Gasteiger partial charge in [0.05, 0.1) is 22.5 Å². The minimum Gasteiger partial charge on any atom is -0.384 e. The number of carbonyl (C=O) groups is 3. The Morgan fingerprint density at radius 1 is 0.866 bits per heavy atom. The predicted octanol–water partition coefficient (Wildman–Crippen LogP) is 5.74. The summed E-state index contributed by atoms with van der Waals surface area (Å²) in [5.41, 5.74) is 5.07. The number of hydrogen-bond acceptors (Lipinski definition) is 12. The topological polar surface area (TPSA) is 155 Å². The smallest absolute Gasteiger partial charge is 0.255 e. The van der Waals surface area contributed by atoms with E-state index in [0.717, 1.165) is 88.6 Å². The average Bonchev–Trinajstić information content (AvgIpc) is 3.93. The van der Waals surface area contributed by atoms with E-state index < -0.39 is 23.4 Å². The number of rotatable bonds is 10. The first kappa shape index (κ1) is 43.5. The number of nitrogens with one attached hydrogen (secondary N) is 2. The van der Waals surface area contributed by atoms with Crippen LogP contribution in [-0.2, 0) is 28.2 Å². The summed E-state index contributed by atoms with van der Waals surface area (Å²) >= 11 is 0. The van der Waals surface area contributed by atoms with Gasteiger partial charge in [-0.05, 0) is 98.0 Å². The Morgan fingerprint density at radius 2 is 1.61 bits per heavy atom. The molecule has 0 bridgehead atoms. The fraction of sp³-hybridized carbons (Fsp3) is 0.480. The molecule has 4 fully saturated rings. The van der Waals surface area contributed by atoms with Crippen molar-refractivity contribution in [2.24, 2.45) is 0 Å². The Bertz CT molecular complexity index is 2780. The number of imide groups is 1. The van der Waals surface area contributed by atoms with E-state index in [1.54, 1.807) is 10.6 Å². The number of pyridine rings is 1. The molecule has 1 aliphatic carbocycles. The van der Waals surface area contributed by atoms with Gasteiger partial charge in [0, 0.05) is 101 Å². The number of fused-ring (bicyclic) bond motifs is 3. The zero-order chi connectivity index (χ0) is 46.3. The Morgan fingerprint density at radius 3 is 2.33 bits per heavy atom. The quantitative estimate of drug-likeness (QED) is 0.147. The summed E-state index contributed by atoms with van der Waals surface area (Å²) in [5, 5.41) is 17.3. The number of piperidine rings is 2. The molecule has 11 rings (SSSR count). The van der Waals surface area contributed by atoms with Crippen molar-refractivity contribution in [2.75, 3.05) is 67.5 Å². The van der Waals surface area contributed by atoms with Gasteiger partial charge in [-0.1, -0.05) is 26.8 Å². The van der Waals surface area contributed by atoms with Crippen molar-refractivity contribution in [3.63, 3.8) is 0 Å². The number of aromatic nitrogens is 4. The van der Waals surface area contributed by atoms with E-state index in [0.29, 0.717) is 75.9 Å². The third-order valence-corrected chi connectivity index (χ3v) is 15.4. The maximum atomic E-state index is 16.0. The molecule has 15 nitrogen and oxygen atoms in total. The van der Waals surface area contributed by atoms with Crippen molar-refractivity contribution in [2.45, 2.75) is 102 Å². The van der Waals surface area contributed by atoms with Crippen LogP contribution in [0.2, 0.25) is 0 Å². The van der Waals surface area contributed by atoms with Crippen molar-refractivity contribution in [3.05, 3.63) is 94.4 Å². The number of nitrogens with zero attached hydrogens (tertiary/aromatic N) is 9. The van der Waals surface area contributed by atoms with Crippen LogP contribution < -0.4 is 20.4 Å². The first-order valence-electron chi connectivity index (χ1n) is 24.0. The summed E-state index contributed by atoms with van der Waals surface area (Å²) in [6, 6.07) is 15.4. The Labute approximate surface area is 388 Å². The van der Waals surface area contributed by atoms with Crippen LogP contribution in [0.15, 0.2) is 54.7 Å². The maximum absolute atomic E-state index is 16.0. The van der Waals surface area contributed by atoms with E-state index in [1.807, 2.05) is 49.9 Å². The predicted molar refractivity (Wildman–Crippen MR) is 250 cm³/mol. The molecule has 2 aromatic carbocycles.